The molecule has 0 aliphatic carbocycles. The van der Waals surface area contributed by atoms with Crippen LogP contribution in [-0.2, 0) is 4.79 Å². The van der Waals surface area contributed by atoms with Crippen LogP contribution in [0.15, 0.2) is 24.3 Å². The molecular weight excluding hydrogens is 234 g/mol. The van der Waals surface area contributed by atoms with Crippen molar-refractivity contribution in [1.29, 1.82) is 0 Å². The van der Waals surface area contributed by atoms with Gasteiger partial charge in [0.2, 0.25) is 0 Å². The zero-order valence-corrected chi connectivity index (χ0v) is 10.5. The van der Waals surface area contributed by atoms with Crippen molar-refractivity contribution in [1.82, 2.24) is 4.90 Å². The molecule has 5 heteroatoms. The minimum atomic E-state index is -0.873. The normalized spacial score (nSPS) is 10.4. The maximum Gasteiger partial charge on any atom is 0.317 e. The molecule has 5 nitrogen and oxygen atoms in total. The summed E-state index contributed by atoms with van der Waals surface area (Å²) in [5.41, 5.74) is 0.540. The molecule has 0 fully saturated rings. The Labute approximate surface area is 106 Å². The molecule has 1 aromatic carbocycles. The van der Waals surface area contributed by atoms with Gasteiger partial charge in [0.25, 0.3) is 0 Å². The highest BCUT2D eigenvalue weighted by Crippen LogP contribution is 2.18. The fourth-order valence-electron chi connectivity index (χ4n) is 1.50. The number of para-hydroxylation sites is 1. The number of ether oxygens (including phenoxy) is 1. The lowest BCUT2D eigenvalue weighted by molar-refractivity contribution is -0.138. The SMILES string of the molecule is CC(=O)c1ccccc1OCCN(C)CC(=O)O. The number of carbonyl (C=O) groups is 2. The first-order valence-electron chi connectivity index (χ1n) is 5.64. The summed E-state index contributed by atoms with van der Waals surface area (Å²) in [6, 6.07) is 7.01. The molecule has 1 N–H and O–H groups in total. The van der Waals surface area contributed by atoms with Gasteiger partial charge >= 0.3 is 5.97 Å². The lowest BCUT2D eigenvalue weighted by atomic mass is 10.1. The van der Waals surface area contributed by atoms with Crippen LogP contribution in [0.1, 0.15) is 17.3 Å². The summed E-state index contributed by atoms with van der Waals surface area (Å²) >= 11 is 0. The van der Waals surface area contributed by atoms with Gasteiger partial charge in [-0.1, -0.05) is 12.1 Å². The third kappa shape index (κ3) is 4.55. The smallest absolute Gasteiger partial charge is 0.317 e. The Bertz CT molecular complexity index is 431. The molecule has 0 saturated heterocycles. The number of hydrogen-bond donors (Lipinski definition) is 1. The number of rotatable bonds is 7. The number of Topliss-reactive ketones (excluding diaryl/α,β-unsaturated/α-hetero) is 1. The first kappa shape index (κ1) is 14.2. The van der Waals surface area contributed by atoms with Crippen LogP contribution in [0.4, 0.5) is 0 Å². The summed E-state index contributed by atoms with van der Waals surface area (Å²) < 4.78 is 5.50. The molecule has 0 spiro atoms. The summed E-state index contributed by atoms with van der Waals surface area (Å²) in [7, 11) is 1.70. The monoisotopic (exact) mass is 251 g/mol. The molecular formula is C13H17NO4. The maximum absolute atomic E-state index is 11.3. The number of hydrogen-bond acceptors (Lipinski definition) is 4. The highest BCUT2D eigenvalue weighted by Gasteiger charge is 2.08. The topological polar surface area (TPSA) is 66.8 Å². The van der Waals surface area contributed by atoms with Gasteiger partial charge < -0.3 is 9.84 Å². The predicted octanol–water partition coefficient (Wildman–Crippen LogP) is 1.28. The van der Waals surface area contributed by atoms with E-state index in [0.29, 0.717) is 24.5 Å². The van der Waals surface area contributed by atoms with Crippen molar-refractivity contribution in [2.24, 2.45) is 0 Å². The Kier molecular flexibility index (Phi) is 5.32. The molecule has 1 aromatic rings. The van der Waals surface area contributed by atoms with Gasteiger partial charge in [0.1, 0.15) is 12.4 Å². The van der Waals surface area contributed by atoms with E-state index in [0.717, 1.165) is 0 Å². The van der Waals surface area contributed by atoms with E-state index in [2.05, 4.69) is 0 Å². The molecule has 1 rings (SSSR count). The van der Waals surface area contributed by atoms with Gasteiger partial charge in [-0.3, -0.25) is 14.5 Å². The van der Waals surface area contributed by atoms with Gasteiger partial charge in [-0.15, -0.1) is 0 Å². The Morgan fingerprint density at radius 1 is 1.33 bits per heavy atom. The minimum absolute atomic E-state index is 0.0300. The number of carboxylic acids is 1. The van der Waals surface area contributed by atoms with Gasteiger partial charge in [-0.05, 0) is 26.1 Å². The van der Waals surface area contributed by atoms with Crippen LogP contribution in [0, 0.1) is 0 Å². The van der Waals surface area contributed by atoms with Crippen LogP contribution in [0.2, 0.25) is 0 Å². The summed E-state index contributed by atoms with van der Waals surface area (Å²) in [5, 5.41) is 8.59. The molecule has 0 radical (unpaired) electrons. The molecule has 98 valence electrons. The molecule has 0 atom stereocenters. The van der Waals surface area contributed by atoms with E-state index >= 15 is 0 Å². The van der Waals surface area contributed by atoms with Crippen LogP contribution in [0.5, 0.6) is 5.75 Å². The highest BCUT2D eigenvalue weighted by molar-refractivity contribution is 5.96. The highest BCUT2D eigenvalue weighted by atomic mass is 16.5. The number of carboxylic acid groups (broad SMARTS) is 1. The van der Waals surface area contributed by atoms with Crippen LogP contribution >= 0.6 is 0 Å². The van der Waals surface area contributed by atoms with Crippen molar-refractivity contribution in [3.05, 3.63) is 29.8 Å². The van der Waals surface area contributed by atoms with E-state index in [4.69, 9.17) is 9.84 Å². The van der Waals surface area contributed by atoms with E-state index in [-0.39, 0.29) is 12.3 Å². The number of ketones is 1. The second kappa shape index (κ2) is 6.76. The second-order valence-electron chi connectivity index (χ2n) is 4.03. The first-order chi connectivity index (χ1) is 8.50. The van der Waals surface area contributed by atoms with Crippen molar-refractivity contribution in [2.45, 2.75) is 6.92 Å². The van der Waals surface area contributed by atoms with Gasteiger partial charge in [0, 0.05) is 6.54 Å². The van der Waals surface area contributed by atoms with E-state index < -0.39 is 5.97 Å². The molecule has 0 aliphatic heterocycles. The van der Waals surface area contributed by atoms with Crippen molar-refractivity contribution in [2.75, 3.05) is 26.7 Å². The van der Waals surface area contributed by atoms with Crippen LogP contribution in [0.3, 0.4) is 0 Å². The Morgan fingerprint density at radius 2 is 2.00 bits per heavy atom. The zero-order chi connectivity index (χ0) is 13.5. The first-order valence-corrected chi connectivity index (χ1v) is 5.64. The van der Waals surface area contributed by atoms with Crippen molar-refractivity contribution in [3.63, 3.8) is 0 Å². The predicted molar refractivity (Wildman–Crippen MR) is 67.1 cm³/mol. The Morgan fingerprint density at radius 3 is 2.61 bits per heavy atom. The molecule has 18 heavy (non-hydrogen) atoms. The summed E-state index contributed by atoms with van der Waals surface area (Å²) in [5.74, 6) is -0.389. The number of benzene rings is 1. The maximum atomic E-state index is 11.3. The summed E-state index contributed by atoms with van der Waals surface area (Å²) in [6.45, 7) is 2.28. The van der Waals surface area contributed by atoms with Gasteiger partial charge in [0.15, 0.2) is 5.78 Å². The molecule has 0 aliphatic rings. The standard InChI is InChI=1S/C13H17NO4/c1-10(15)11-5-3-4-6-12(11)18-8-7-14(2)9-13(16)17/h3-6H,7-9H2,1-2H3,(H,16,17). The fourth-order valence-corrected chi connectivity index (χ4v) is 1.50. The van der Waals surface area contributed by atoms with Crippen LogP contribution in [-0.4, -0.2) is 48.5 Å². The average Bonchev–Trinajstić information content (AvgIpc) is 2.28. The zero-order valence-electron chi connectivity index (χ0n) is 10.5. The summed E-state index contributed by atoms with van der Waals surface area (Å²) in [6.07, 6.45) is 0. The lowest BCUT2D eigenvalue weighted by Crippen LogP contribution is -2.29. The van der Waals surface area contributed by atoms with Gasteiger partial charge in [0.05, 0.1) is 12.1 Å². The Balaban J connectivity index is 2.49. The average molecular weight is 251 g/mol. The van der Waals surface area contributed by atoms with Crippen molar-refractivity contribution >= 4 is 11.8 Å². The molecule has 0 heterocycles. The van der Waals surface area contributed by atoms with E-state index in [9.17, 15) is 9.59 Å². The lowest BCUT2D eigenvalue weighted by Gasteiger charge is -2.15. The van der Waals surface area contributed by atoms with E-state index in [1.54, 1.807) is 36.2 Å². The fraction of sp³-hybridized carbons (Fsp3) is 0.385. The van der Waals surface area contributed by atoms with Crippen LogP contribution < -0.4 is 4.74 Å². The molecule has 0 aromatic heterocycles. The number of likely N-dealkylation sites (N-methyl/N-ethyl adjacent to an activating group) is 1. The quantitative estimate of drug-likeness (QED) is 0.739. The van der Waals surface area contributed by atoms with E-state index in [1.165, 1.54) is 6.92 Å². The largest absolute Gasteiger partial charge is 0.491 e. The van der Waals surface area contributed by atoms with Crippen LogP contribution in [0.25, 0.3) is 0 Å². The number of carbonyl (C=O) groups excluding carboxylic acids is 1. The molecule has 0 bridgehead atoms. The molecule has 0 saturated carbocycles. The third-order valence-corrected chi connectivity index (χ3v) is 2.40. The molecule has 0 unspecified atom stereocenters. The van der Waals surface area contributed by atoms with Crippen molar-refractivity contribution in [3.8, 4) is 5.75 Å². The third-order valence-electron chi connectivity index (χ3n) is 2.40. The van der Waals surface area contributed by atoms with Gasteiger partial charge in [-0.2, -0.15) is 0 Å². The second-order valence-corrected chi connectivity index (χ2v) is 4.03. The molecule has 0 amide bonds. The van der Waals surface area contributed by atoms with Gasteiger partial charge in [-0.25, -0.2) is 0 Å². The number of nitrogens with zero attached hydrogens (tertiary/aromatic N) is 1. The van der Waals surface area contributed by atoms with Crippen molar-refractivity contribution < 1.29 is 19.4 Å². The number of aliphatic carboxylic acids is 1. The summed E-state index contributed by atoms with van der Waals surface area (Å²) in [4.78, 5) is 23.4. The van der Waals surface area contributed by atoms with E-state index in [1.807, 2.05) is 0 Å². The Hall–Kier alpha value is -1.88. The minimum Gasteiger partial charge on any atom is -0.491 e.